The third kappa shape index (κ3) is 2.59. The largest absolute Gasteiger partial charge is 0.507 e. The molecule has 0 aliphatic carbocycles. The molecule has 0 unspecified atom stereocenters. The fourth-order valence-corrected chi connectivity index (χ4v) is 2.21. The molecule has 7 heteroatoms. The Morgan fingerprint density at radius 1 is 1.09 bits per heavy atom. The Hall–Kier alpha value is -3.35. The summed E-state index contributed by atoms with van der Waals surface area (Å²) < 4.78 is 5.05. The van der Waals surface area contributed by atoms with Gasteiger partial charge in [-0.2, -0.15) is 15.4 Å². The summed E-state index contributed by atoms with van der Waals surface area (Å²) in [6.45, 7) is 0. The number of hydrogen-bond acceptors (Lipinski definition) is 6. The van der Waals surface area contributed by atoms with Crippen molar-refractivity contribution in [1.82, 2.24) is 15.4 Å². The zero-order valence-electron chi connectivity index (χ0n) is 12.1. The molecule has 0 fully saturated rings. The number of carbonyl (C=O) groups excluding carboxylic acids is 1. The van der Waals surface area contributed by atoms with E-state index in [0.29, 0.717) is 11.3 Å². The number of nitrogens with one attached hydrogen (secondary N) is 1. The molecule has 7 nitrogen and oxygen atoms in total. The summed E-state index contributed by atoms with van der Waals surface area (Å²) in [6, 6.07) is 10.8. The van der Waals surface area contributed by atoms with Crippen molar-refractivity contribution in [2.45, 2.75) is 0 Å². The first kappa shape index (κ1) is 14.6. The van der Waals surface area contributed by atoms with Crippen LogP contribution in [0.5, 0.6) is 17.2 Å². The van der Waals surface area contributed by atoms with E-state index in [1.807, 2.05) is 0 Å². The van der Waals surface area contributed by atoms with Gasteiger partial charge in [0.05, 0.1) is 12.7 Å². The first-order chi connectivity index (χ1) is 11.1. The Labute approximate surface area is 131 Å². The lowest BCUT2D eigenvalue weighted by Gasteiger charge is -2.06. The molecule has 3 N–H and O–H groups in total. The number of benzene rings is 2. The first-order valence-corrected chi connectivity index (χ1v) is 6.72. The highest BCUT2D eigenvalue weighted by atomic mass is 16.5. The number of carbonyl (C=O) groups is 1. The van der Waals surface area contributed by atoms with Crippen LogP contribution in [0.25, 0.3) is 11.3 Å². The van der Waals surface area contributed by atoms with E-state index in [9.17, 15) is 15.0 Å². The molecule has 2 aromatic carbocycles. The van der Waals surface area contributed by atoms with Crippen LogP contribution in [-0.2, 0) is 0 Å². The van der Waals surface area contributed by atoms with Gasteiger partial charge in [0.15, 0.2) is 17.2 Å². The van der Waals surface area contributed by atoms with Crippen LogP contribution in [0.4, 0.5) is 0 Å². The van der Waals surface area contributed by atoms with E-state index in [2.05, 4.69) is 15.4 Å². The van der Waals surface area contributed by atoms with Gasteiger partial charge in [0.1, 0.15) is 11.4 Å². The van der Waals surface area contributed by atoms with Gasteiger partial charge in [0, 0.05) is 5.56 Å². The minimum atomic E-state index is -0.459. The third-order valence-electron chi connectivity index (χ3n) is 3.36. The molecule has 0 bridgehead atoms. The lowest BCUT2D eigenvalue weighted by atomic mass is 10.0. The fraction of sp³-hybridized carbons (Fsp3) is 0.0625. The monoisotopic (exact) mass is 311 g/mol. The predicted molar refractivity (Wildman–Crippen MR) is 81.6 cm³/mol. The molecule has 0 atom stereocenters. The van der Waals surface area contributed by atoms with Crippen molar-refractivity contribution in [2.75, 3.05) is 7.11 Å². The highest BCUT2D eigenvalue weighted by molar-refractivity contribution is 6.12. The second-order valence-corrected chi connectivity index (χ2v) is 4.75. The number of nitrogens with zero attached hydrogens (tertiary/aromatic N) is 2. The van der Waals surface area contributed by atoms with Crippen LogP contribution in [0.1, 0.15) is 16.1 Å². The smallest absolute Gasteiger partial charge is 0.219 e. The summed E-state index contributed by atoms with van der Waals surface area (Å²) in [6.07, 6.45) is 0. The summed E-state index contributed by atoms with van der Waals surface area (Å²) in [5.74, 6) is -0.353. The van der Waals surface area contributed by atoms with E-state index >= 15 is 0 Å². The maximum Gasteiger partial charge on any atom is 0.219 e. The number of ether oxygens (including phenoxy) is 1. The molecule has 0 spiro atoms. The van der Waals surface area contributed by atoms with Crippen LogP contribution in [0.2, 0.25) is 0 Å². The molecule has 1 heterocycles. The molecule has 3 rings (SSSR count). The van der Waals surface area contributed by atoms with E-state index in [1.165, 1.54) is 25.3 Å². The SMILES string of the molecule is COc1cc(-c2n[nH]nc2C(=O)c2ccccc2O)ccc1O. The van der Waals surface area contributed by atoms with Crippen molar-refractivity contribution < 1.29 is 19.7 Å². The zero-order valence-corrected chi connectivity index (χ0v) is 12.1. The van der Waals surface area contributed by atoms with Crippen molar-refractivity contribution >= 4 is 5.78 Å². The number of hydrogen-bond donors (Lipinski definition) is 3. The number of para-hydroxylation sites is 1. The maximum atomic E-state index is 12.6. The lowest BCUT2D eigenvalue weighted by Crippen LogP contribution is -2.04. The quantitative estimate of drug-likeness (QED) is 0.637. The normalized spacial score (nSPS) is 10.5. The van der Waals surface area contributed by atoms with Crippen LogP contribution in [0.3, 0.4) is 0 Å². The molecule has 1 aromatic heterocycles. The van der Waals surface area contributed by atoms with Crippen molar-refractivity contribution in [3.05, 3.63) is 53.7 Å². The van der Waals surface area contributed by atoms with Gasteiger partial charge in [-0.05, 0) is 30.3 Å². The van der Waals surface area contributed by atoms with Crippen LogP contribution >= 0.6 is 0 Å². The Morgan fingerprint density at radius 2 is 1.87 bits per heavy atom. The number of ketones is 1. The minimum Gasteiger partial charge on any atom is -0.507 e. The van der Waals surface area contributed by atoms with E-state index in [0.717, 1.165) is 0 Å². The van der Waals surface area contributed by atoms with Crippen LogP contribution in [0, 0.1) is 0 Å². The highest BCUT2D eigenvalue weighted by Crippen LogP contribution is 2.32. The molecule has 3 aromatic rings. The van der Waals surface area contributed by atoms with Gasteiger partial charge >= 0.3 is 0 Å². The highest BCUT2D eigenvalue weighted by Gasteiger charge is 2.22. The first-order valence-electron chi connectivity index (χ1n) is 6.72. The lowest BCUT2D eigenvalue weighted by molar-refractivity contribution is 0.103. The van der Waals surface area contributed by atoms with E-state index in [-0.39, 0.29) is 28.5 Å². The number of methoxy groups -OCH3 is 1. The van der Waals surface area contributed by atoms with E-state index < -0.39 is 5.78 Å². The zero-order chi connectivity index (χ0) is 16.4. The number of H-pyrrole nitrogens is 1. The van der Waals surface area contributed by atoms with Crippen LogP contribution < -0.4 is 4.74 Å². The Morgan fingerprint density at radius 3 is 2.61 bits per heavy atom. The summed E-state index contributed by atoms with van der Waals surface area (Å²) >= 11 is 0. The number of rotatable bonds is 4. The van der Waals surface area contributed by atoms with Crippen LogP contribution in [-0.4, -0.2) is 38.5 Å². The van der Waals surface area contributed by atoms with Crippen molar-refractivity contribution in [1.29, 1.82) is 0 Å². The van der Waals surface area contributed by atoms with Gasteiger partial charge in [-0.15, -0.1) is 0 Å². The summed E-state index contributed by atoms with van der Waals surface area (Å²) in [7, 11) is 1.43. The third-order valence-corrected chi connectivity index (χ3v) is 3.36. The standard InChI is InChI=1S/C16H13N3O4/c1-23-13-8-9(6-7-12(13)21)14-15(18-19-17-14)16(22)10-4-2-3-5-11(10)20/h2-8,20-21H,1H3,(H,17,18,19). The molecule has 116 valence electrons. The van der Waals surface area contributed by atoms with Gasteiger partial charge in [0.25, 0.3) is 0 Å². The molecule has 0 saturated heterocycles. The second kappa shape index (κ2) is 5.80. The van der Waals surface area contributed by atoms with Gasteiger partial charge in [-0.1, -0.05) is 12.1 Å². The van der Waals surface area contributed by atoms with Crippen molar-refractivity contribution in [3.63, 3.8) is 0 Å². The molecule has 0 amide bonds. The molecule has 0 aliphatic rings. The van der Waals surface area contributed by atoms with Gasteiger partial charge < -0.3 is 14.9 Å². The van der Waals surface area contributed by atoms with Gasteiger partial charge in [0.2, 0.25) is 5.78 Å². The van der Waals surface area contributed by atoms with E-state index in [4.69, 9.17) is 4.74 Å². The molecular weight excluding hydrogens is 298 g/mol. The number of phenols is 2. The number of aromatic amines is 1. The molecular formula is C16H13N3O4. The van der Waals surface area contributed by atoms with E-state index in [1.54, 1.807) is 24.3 Å². The molecule has 0 saturated carbocycles. The summed E-state index contributed by atoms with van der Waals surface area (Å²) in [5.41, 5.74) is 1.05. The summed E-state index contributed by atoms with van der Waals surface area (Å²) in [4.78, 5) is 12.6. The van der Waals surface area contributed by atoms with Crippen LogP contribution in [0.15, 0.2) is 42.5 Å². The Bertz CT molecular complexity index is 873. The second-order valence-electron chi connectivity index (χ2n) is 4.75. The number of phenolic OH excluding ortho intramolecular Hbond substituents is 2. The average Bonchev–Trinajstić information content (AvgIpc) is 3.05. The summed E-state index contributed by atoms with van der Waals surface area (Å²) in [5, 5.41) is 29.8. The predicted octanol–water partition coefficient (Wildman–Crippen LogP) is 2.12. The van der Waals surface area contributed by atoms with Gasteiger partial charge in [-0.3, -0.25) is 4.79 Å². The maximum absolute atomic E-state index is 12.6. The van der Waals surface area contributed by atoms with Crippen molar-refractivity contribution in [3.8, 4) is 28.5 Å². The molecule has 0 aliphatic heterocycles. The fourth-order valence-electron chi connectivity index (χ4n) is 2.21. The average molecular weight is 311 g/mol. The minimum absolute atomic E-state index is 0.0201. The van der Waals surface area contributed by atoms with Gasteiger partial charge in [-0.25, -0.2) is 0 Å². The Balaban J connectivity index is 2.07. The Kier molecular flexibility index (Phi) is 3.68. The molecule has 0 radical (unpaired) electrons. The van der Waals surface area contributed by atoms with Crippen molar-refractivity contribution in [2.24, 2.45) is 0 Å². The number of aromatic nitrogens is 3. The topological polar surface area (TPSA) is 108 Å². The number of aromatic hydroxyl groups is 2. The molecule has 23 heavy (non-hydrogen) atoms.